The molecule has 0 aliphatic rings. The summed E-state index contributed by atoms with van der Waals surface area (Å²) >= 11 is 1.84. The molecule has 2 aromatic carbocycles. The normalized spacial score (nSPS) is 10.6. The van der Waals surface area contributed by atoms with Crippen LogP contribution in [-0.2, 0) is 12.8 Å². The molecule has 0 saturated carbocycles. The van der Waals surface area contributed by atoms with Crippen LogP contribution in [0.3, 0.4) is 0 Å². The zero-order valence-electron chi connectivity index (χ0n) is 9.34. The van der Waals surface area contributed by atoms with Crippen molar-refractivity contribution in [1.82, 2.24) is 0 Å². The van der Waals surface area contributed by atoms with Crippen LogP contribution in [0.1, 0.15) is 11.1 Å². The van der Waals surface area contributed by atoms with Crippen LogP contribution >= 0.6 is 0 Å². The summed E-state index contributed by atoms with van der Waals surface area (Å²) in [6, 6.07) is 21.5. The molecule has 1 unspecified atom stereocenters. The zero-order chi connectivity index (χ0) is 11.2. The van der Waals surface area contributed by atoms with Gasteiger partial charge in [0.05, 0.1) is 0 Å². The second kappa shape index (κ2) is 5.91. The summed E-state index contributed by atoms with van der Waals surface area (Å²) in [5, 5.41) is 0. The molecule has 0 nitrogen and oxygen atoms in total. The van der Waals surface area contributed by atoms with Gasteiger partial charge in [-0.05, 0) is 0 Å². The average Bonchev–Trinajstić information content (AvgIpc) is 2.31. The summed E-state index contributed by atoms with van der Waals surface area (Å²) in [6.45, 7) is 0. The molecule has 1 atom stereocenters. The molecule has 0 aromatic heterocycles. The number of rotatable bonds is 4. The standard InChI is InChI=1S/C15H17As/c16-15(11-13-7-3-1-4-8-13)12-14-9-5-2-6-10-14/h1-10,15H,11-12,16H2. The van der Waals surface area contributed by atoms with E-state index in [2.05, 4.69) is 60.7 Å². The Morgan fingerprint density at radius 3 is 1.44 bits per heavy atom. The Morgan fingerprint density at radius 2 is 1.06 bits per heavy atom. The molecule has 0 spiro atoms. The van der Waals surface area contributed by atoms with Crippen molar-refractivity contribution in [3.05, 3.63) is 71.8 Å². The van der Waals surface area contributed by atoms with Gasteiger partial charge in [-0.1, -0.05) is 0 Å². The topological polar surface area (TPSA) is 0 Å². The number of hydrogen-bond acceptors (Lipinski definition) is 0. The van der Waals surface area contributed by atoms with E-state index in [-0.39, 0.29) is 0 Å². The summed E-state index contributed by atoms with van der Waals surface area (Å²) < 4.78 is 0.761. The first-order chi connectivity index (χ1) is 7.84. The van der Waals surface area contributed by atoms with Crippen LogP contribution in [0, 0.1) is 0 Å². The van der Waals surface area contributed by atoms with Gasteiger partial charge in [0, 0.05) is 0 Å². The van der Waals surface area contributed by atoms with Crippen molar-refractivity contribution in [1.29, 1.82) is 0 Å². The molecule has 0 amide bonds. The fourth-order valence-corrected chi connectivity index (χ4v) is 3.05. The van der Waals surface area contributed by atoms with Crippen molar-refractivity contribution in [2.24, 2.45) is 0 Å². The molecule has 0 heterocycles. The fourth-order valence-electron chi connectivity index (χ4n) is 1.91. The van der Waals surface area contributed by atoms with Crippen LogP contribution in [0.15, 0.2) is 60.7 Å². The molecule has 1 heteroatoms. The quantitative estimate of drug-likeness (QED) is 0.751. The molecular weight excluding hydrogens is 255 g/mol. The minimum atomic E-state index is 0.761. The van der Waals surface area contributed by atoms with Gasteiger partial charge in [0.2, 0.25) is 0 Å². The zero-order valence-corrected chi connectivity index (χ0v) is 11.8. The Kier molecular flexibility index (Phi) is 4.24. The Morgan fingerprint density at radius 1 is 0.688 bits per heavy atom. The maximum absolute atomic E-state index is 2.22. The predicted octanol–water partition coefficient (Wildman–Crippen LogP) is 2.89. The van der Waals surface area contributed by atoms with Crippen molar-refractivity contribution in [2.45, 2.75) is 17.5 Å². The van der Waals surface area contributed by atoms with Crippen molar-refractivity contribution in [2.75, 3.05) is 0 Å². The number of benzene rings is 2. The SMILES string of the molecule is [AsH2]C(Cc1ccccc1)Cc1ccccc1. The summed E-state index contributed by atoms with van der Waals surface area (Å²) in [5.74, 6) is 0. The summed E-state index contributed by atoms with van der Waals surface area (Å²) in [4.78, 5) is 0. The van der Waals surface area contributed by atoms with Gasteiger partial charge in [0.25, 0.3) is 0 Å². The molecule has 0 aliphatic heterocycles. The minimum absolute atomic E-state index is 0.761. The Labute approximate surface area is 106 Å². The molecule has 0 fully saturated rings. The Hall–Kier alpha value is -1.00. The van der Waals surface area contributed by atoms with E-state index in [9.17, 15) is 0 Å². The number of hydrogen-bond donors (Lipinski definition) is 0. The first-order valence-corrected chi connectivity index (χ1v) is 7.08. The molecule has 0 aliphatic carbocycles. The van der Waals surface area contributed by atoms with Crippen LogP contribution in [0.5, 0.6) is 0 Å². The van der Waals surface area contributed by atoms with Crippen molar-refractivity contribution >= 4 is 16.9 Å². The summed E-state index contributed by atoms with van der Waals surface area (Å²) in [6.07, 6.45) is 2.38. The third kappa shape index (κ3) is 3.54. The van der Waals surface area contributed by atoms with E-state index in [4.69, 9.17) is 0 Å². The summed E-state index contributed by atoms with van der Waals surface area (Å²) in [5.41, 5.74) is 2.90. The second-order valence-electron chi connectivity index (χ2n) is 4.14. The van der Waals surface area contributed by atoms with Crippen LogP contribution in [-0.4, -0.2) is 16.9 Å². The van der Waals surface area contributed by atoms with Crippen molar-refractivity contribution < 1.29 is 0 Å². The molecular formula is C15H17As. The molecule has 16 heavy (non-hydrogen) atoms. The summed E-state index contributed by atoms with van der Waals surface area (Å²) in [7, 11) is 0. The van der Waals surface area contributed by atoms with Crippen LogP contribution in [0.2, 0.25) is 4.71 Å². The average molecular weight is 272 g/mol. The van der Waals surface area contributed by atoms with Crippen LogP contribution in [0.4, 0.5) is 0 Å². The molecule has 0 radical (unpaired) electrons. The third-order valence-corrected chi connectivity index (χ3v) is 3.67. The molecule has 0 N–H and O–H groups in total. The van der Waals surface area contributed by atoms with Gasteiger partial charge in [0.15, 0.2) is 0 Å². The van der Waals surface area contributed by atoms with Crippen molar-refractivity contribution in [3.8, 4) is 0 Å². The Balaban J connectivity index is 1.92. The van der Waals surface area contributed by atoms with Crippen molar-refractivity contribution in [3.63, 3.8) is 0 Å². The van der Waals surface area contributed by atoms with Gasteiger partial charge < -0.3 is 0 Å². The van der Waals surface area contributed by atoms with E-state index in [0.717, 1.165) is 4.71 Å². The van der Waals surface area contributed by atoms with E-state index >= 15 is 0 Å². The second-order valence-corrected chi connectivity index (χ2v) is 6.12. The van der Waals surface area contributed by atoms with E-state index in [1.54, 1.807) is 0 Å². The van der Waals surface area contributed by atoms with Gasteiger partial charge in [0.1, 0.15) is 0 Å². The van der Waals surface area contributed by atoms with E-state index in [1.807, 2.05) is 16.9 Å². The van der Waals surface area contributed by atoms with Gasteiger partial charge in [-0.15, -0.1) is 0 Å². The van der Waals surface area contributed by atoms with Gasteiger partial charge in [-0.3, -0.25) is 0 Å². The predicted molar refractivity (Wildman–Crippen MR) is 72.6 cm³/mol. The molecule has 2 aromatic rings. The van der Waals surface area contributed by atoms with Crippen LogP contribution < -0.4 is 0 Å². The van der Waals surface area contributed by atoms with E-state index < -0.39 is 0 Å². The van der Waals surface area contributed by atoms with Crippen LogP contribution in [0.25, 0.3) is 0 Å². The molecule has 2 rings (SSSR count). The van der Waals surface area contributed by atoms with Gasteiger partial charge >= 0.3 is 106 Å². The Bertz CT molecular complexity index is 366. The van der Waals surface area contributed by atoms with E-state index in [0.29, 0.717) is 0 Å². The molecule has 82 valence electrons. The first-order valence-electron chi connectivity index (χ1n) is 5.68. The molecule has 0 saturated heterocycles. The molecule has 0 bridgehead atoms. The fraction of sp³-hybridized carbons (Fsp3) is 0.200. The monoisotopic (exact) mass is 272 g/mol. The third-order valence-electron chi connectivity index (χ3n) is 2.68. The maximum atomic E-state index is 2.22. The van der Waals surface area contributed by atoms with E-state index in [1.165, 1.54) is 24.0 Å². The van der Waals surface area contributed by atoms with Gasteiger partial charge in [-0.2, -0.15) is 0 Å². The van der Waals surface area contributed by atoms with Gasteiger partial charge in [-0.25, -0.2) is 0 Å². The first kappa shape index (κ1) is 11.5.